The van der Waals surface area contributed by atoms with Gasteiger partial charge >= 0.3 is 0 Å². The maximum absolute atomic E-state index is 9.31. The number of rotatable bonds is 4. The van der Waals surface area contributed by atoms with Crippen molar-refractivity contribution in [2.45, 2.75) is 13.2 Å². The molecule has 0 radical (unpaired) electrons. The van der Waals surface area contributed by atoms with Crippen LogP contribution in [0.1, 0.15) is 11.1 Å². The fourth-order valence-electron chi connectivity index (χ4n) is 1.63. The highest BCUT2D eigenvalue weighted by molar-refractivity contribution is 5.32. The lowest BCUT2D eigenvalue weighted by Crippen LogP contribution is -2.04. The third kappa shape index (κ3) is 2.98. The number of ether oxygens (including phenoxy) is 1. The van der Waals surface area contributed by atoms with Crippen molar-refractivity contribution in [3.63, 3.8) is 0 Å². The van der Waals surface area contributed by atoms with Crippen LogP contribution in [0, 0.1) is 0 Å². The van der Waals surface area contributed by atoms with Crippen LogP contribution in [0.15, 0.2) is 48.5 Å². The molecular weight excluding hydrogens is 214 g/mol. The summed E-state index contributed by atoms with van der Waals surface area (Å²) in [5.74, 6) is 0.853. The highest BCUT2D eigenvalue weighted by Gasteiger charge is 2.01. The van der Waals surface area contributed by atoms with Gasteiger partial charge in [0.1, 0.15) is 18.1 Å². The summed E-state index contributed by atoms with van der Waals surface area (Å²) in [5.41, 5.74) is 7.79. The highest BCUT2D eigenvalue weighted by Crippen LogP contribution is 2.19. The van der Waals surface area contributed by atoms with Crippen molar-refractivity contribution < 1.29 is 9.84 Å². The second-order valence-electron chi connectivity index (χ2n) is 3.76. The lowest BCUT2D eigenvalue weighted by atomic mass is 10.1. The Morgan fingerprint density at radius 1 is 1.00 bits per heavy atom. The molecule has 0 atom stereocenters. The maximum Gasteiger partial charge on any atom is 0.123 e. The van der Waals surface area contributed by atoms with Gasteiger partial charge in [-0.15, -0.1) is 0 Å². The fourth-order valence-corrected chi connectivity index (χ4v) is 1.63. The van der Waals surface area contributed by atoms with Crippen LogP contribution in [-0.4, -0.2) is 5.11 Å². The first-order valence-corrected chi connectivity index (χ1v) is 5.48. The van der Waals surface area contributed by atoms with Crippen molar-refractivity contribution in [1.82, 2.24) is 0 Å². The third-order valence-electron chi connectivity index (χ3n) is 2.55. The van der Waals surface area contributed by atoms with E-state index in [9.17, 15) is 5.11 Å². The van der Waals surface area contributed by atoms with Crippen molar-refractivity contribution >= 4 is 0 Å². The Balaban J connectivity index is 2.07. The van der Waals surface area contributed by atoms with Crippen molar-refractivity contribution in [1.29, 1.82) is 0 Å². The largest absolute Gasteiger partial charge is 0.508 e. The van der Waals surface area contributed by atoms with E-state index in [0.29, 0.717) is 18.9 Å². The molecule has 0 saturated carbocycles. The summed E-state index contributed by atoms with van der Waals surface area (Å²) in [4.78, 5) is 0. The van der Waals surface area contributed by atoms with Crippen LogP contribution in [0.5, 0.6) is 11.5 Å². The molecule has 0 fully saturated rings. The minimum absolute atomic E-state index is 0.203. The van der Waals surface area contributed by atoms with Gasteiger partial charge in [-0.3, -0.25) is 0 Å². The van der Waals surface area contributed by atoms with Crippen LogP contribution >= 0.6 is 0 Å². The number of aromatic hydroxyl groups is 1. The van der Waals surface area contributed by atoms with E-state index >= 15 is 0 Å². The number of hydrogen-bond donors (Lipinski definition) is 2. The van der Waals surface area contributed by atoms with Gasteiger partial charge in [-0.2, -0.15) is 0 Å². The molecule has 0 spiro atoms. The van der Waals surface area contributed by atoms with Gasteiger partial charge in [0.25, 0.3) is 0 Å². The molecule has 3 N–H and O–H groups in total. The molecule has 0 aliphatic carbocycles. The van der Waals surface area contributed by atoms with Gasteiger partial charge in [-0.25, -0.2) is 0 Å². The first kappa shape index (κ1) is 11.5. The second kappa shape index (κ2) is 5.37. The lowest BCUT2D eigenvalue weighted by molar-refractivity contribution is 0.303. The summed E-state index contributed by atoms with van der Waals surface area (Å²) in [6.45, 7) is 0.955. The molecule has 2 rings (SSSR count). The number of benzene rings is 2. The smallest absolute Gasteiger partial charge is 0.123 e. The van der Waals surface area contributed by atoms with E-state index in [2.05, 4.69) is 0 Å². The van der Waals surface area contributed by atoms with Gasteiger partial charge in [0.2, 0.25) is 0 Å². The zero-order valence-corrected chi connectivity index (χ0v) is 9.47. The topological polar surface area (TPSA) is 55.5 Å². The minimum atomic E-state index is 0.203. The zero-order chi connectivity index (χ0) is 12.1. The second-order valence-corrected chi connectivity index (χ2v) is 3.76. The van der Waals surface area contributed by atoms with Crippen LogP contribution in [0.4, 0.5) is 0 Å². The summed E-state index contributed by atoms with van der Waals surface area (Å²) in [6.07, 6.45) is 0. The number of hydrogen-bond acceptors (Lipinski definition) is 3. The van der Waals surface area contributed by atoms with Crippen LogP contribution in [0.25, 0.3) is 0 Å². The first-order valence-electron chi connectivity index (χ1n) is 5.48. The average molecular weight is 229 g/mol. The first-order chi connectivity index (χ1) is 8.29. The SMILES string of the molecule is NCc1ccccc1COc1cccc(O)c1. The molecule has 3 nitrogen and oxygen atoms in total. The fraction of sp³-hybridized carbons (Fsp3) is 0.143. The van der Waals surface area contributed by atoms with Crippen LogP contribution in [0.2, 0.25) is 0 Å². The predicted molar refractivity (Wildman–Crippen MR) is 66.8 cm³/mol. The minimum Gasteiger partial charge on any atom is -0.508 e. The van der Waals surface area contributed by atoms with Crippen LogP contribution < -0.4 is 10.5 Å². The Labute approximate surface area is 100 Å². The van der Waals surface area contributed by atoms with E-state index in [1.807, 2.05) is 30.3 Å². The van der Waals surface area contributed by atoms with Crippen molar-refractivity contribution in [3.05, 3.63) is 59.7 Å². The molecule has 17 heavy (non-hydrogen) atoms. The van der Waals surface area contributed by atoms with Gasteiger partial charge in [-0.1, -0.05) is 30.3 Å². The molecular formula is C14H15NO2. The number of phenolic OH excluding ortho intramolecular Hbond substituents is 1. The summed E-state index contributed by atoms with van der Waals surface area (Å²) < 4.78 is 5.60. The number of nitrogens with two attached hydrogens (primary N) is 1. The predicted octanol–water partition coefficient (Wildman–Crippen LogP) is 2.43. The van der Waals surface area contributed by atoms with E-state index < -0.39 is 0 Å². The molecule has 2 aromatic rings. The van der Waals surface area contributed by atoms with Crippen molar-refractivity contribution in [3.8, 4) is 11.5 Å². The van der Waals surface area contributed by atoms with Crippen molar-refractivity contribution in [2.24, 2.45) is 5.73 Å². The molecule has 0 aliphatic heterocycles. The Hall–Kier alpha value is -2.00. The summed E-state index contributed by atoms with van der Waals surface area (Å²) in [5, 5.41) is 9.31. The molecule has 0 amide bonds. The quantitative estimate of drug-likeness (QED) is 0.846. The van der Waals surface area contributed by atoms with Gasteiger partial charge in [0.15, 0.2) is 0 Å². The molecule has 0 aliphatic rings. The molecule has 0 heterocycles. The van der Waals surface area contributed by atoms with E-state index in [4.69, 9.17) is 10.5 Å². The van der Waals surface area contributed by atoms with Gasteiger partial charge in [0, 0.05) is 12.6 Å². The van der Waals surface area contributed by atoms with E-state index in [1.165, 1.54) is 0 Å². The lowest BCUT2D eigenvalue weighted by Gasteiger charge is -2.09. The maximum atomic E-state index is 9.31. The summed E-state index contributed by atoms with van der Waals surface area (Å²) in [6, 6.07) is 14.7. The summed E-state index contributed by atoms with van der Waals surface area (Å²) >= 11 is 0. The van der Waals surface area contributed by atoms with E-state index in [-0.39, 0.29) is 5.75 Å². The van der Waals surface area contributed by atoms with Gasteiger partial charge < -0.3 is 15.6 Å². The zero-order valence-electron chi connectivity index (χ0n) is 9.47. The van der Waals surface area contributed by atoms with Crippen LogP contribution in [-0.2, 0) is 13.2 Å². The Kier molecular flexibility index (Phi) is 3.62. The molecule has 88 valence electrons. The highest BCUT2D eigenvalue weighted by atomic mass is 16.5. The molecule has 0 bridgehead atoms. The van der Waals surface area contributed by atoms with E-state index in [1.54, 1.807) is 18.2 Å². The third-order valence-corrected chi connectivity index (χ3v) is 2.55. The molecule has 0 unspecified atom stereocenters. The Morgan fingerprint density at radius 3 is 2.47 bits per heavy atom. The molecule has 0 aromatic heterocycles. The monoisotopic (exact) mass is 229 g/mol. The Bertz CT molecular complexity index is 497. The molecule has 3 heteroatoms. The number of phenols is 1. The average Bonchev–Trinajstić information content (AvgIpc) is 2.37. The van der Waals surface area contributed by atoms with Gasteiger partial charge in [0.05, 0.1) is 0 Å². The van der Waals surface area contributed by atoms with Crippen molar-refractivity contribution in [2.75, 3.05) is 0 Å². The molecule has 2 aromatic carbocycles. The normalized spacial score (nSPS) is 10.2. The van der Waals surface area contributed by atoms with E-state index in [0.717, 1.165) is 11.1 Å². The van der Waals surface area contributed by atoms with Crippen LogP contribution in [0.3, 0.4) is 0 Å². The standard InChI is InChI=1S/C14H15NO2/c15-9-11-4-1-2-5-12(11)10-17-14-7-3-6-13(16)8-14/h1-8,16H,9-10,15H2. The molecule has 0 saturated heterocycles. The summed E-state index contributed by atoms with van der Waals surface area (Å²) in [7, 11) is 0. The Morgan fingerprint density at radius 2 is 1.76 bits per heavy atom. The van der Waals surface area contributed by atoms with Gasteiger partial charge in [-0.05, 0) is 23.3 Å².